The van der Waals surface area contributed by atoms with Gasteiger partial charge in [0, 0.05) is 19.2 Å². The molecule has 5 nitrogen and oxygen atoms in total. The zero-order chi connectivity index (χ0) is 16.4. The van der Waals surface area contributed by atoms with Crippen LogP contribution >= 0.6 is 0 Å². The third-order valence-electron chi connectivity index (χ3n) is 4.71. The summed E-state index contributed by atoms with van der Waals surface area (Å²) in [6.07, 6.45) is 8.25. The average Bonchev–Trinajstić information content (AvgIpc) is 3.10. The van der Waals surface area contributed by atoms with Crippen LogP contribution in [0.4, 0.5) is 5.82 Å². The van der Waals surface area contributed by atoms with E-state index < -0.39 is 0 Å². The van der Waals surface area contributed by atoms with Gasteiger partial charge >= 0.3 is 0 Å². The number of ether oxygens (including phenoxy) is 1. The van der Waals surface area contributed by atoms with Crippen LogP contribution in [0.25, 0.3) is 6.08 Å². The summed E-state index contributed by atoms with van der Waals surface area (Å²) in [7, 11) is 1.88. The standard InChI is InChI=1S/C19H22N4O/c1-20-19-11-21-10-16(22-19)17-6-4-8-23(17)12-14-9-15-5-2-3-7-18(15)24-13-14/h2-3,5,7,9-11,17H,4,6,8,12-13H2,1H3,(H,20,22)/t17-/m1/s1. The van der Waals surface area contributed by atoms with Gasteiger partial charge in [0.25, 0.3) is 0 Å². The molecule has 1 saturated heterocycles. The maximum atomic E-state index is 5.89. The lowest BCUT2D eigenvalue weighted by Crippen LogP contribution is -2.28. The smallest absolute Gasteiger partial charge is 0.144 e. The van der Waals surface area contributed by atoms with E-state index in [2.05, 4.69) is 38.4 Å². The van der Waals surface area contributed by atoms with Gasteiger partial charge in [-0.25, -0.2) is 4.98 Å². The summed E-state index contributed by atoms with van der Waals surface area (Å²) < 4.78 is 5.89. The van der Waals surface area contributed by atoms with Crippen molar-refractivity contribution in [1.82, 2.24) is 14.9 Å². The van der Waals surface area contributed by atoms with Gasteiger partial charge in [0.05, 0.1) is 24.1 Å². The second-order valence-electron chi connectivity index (χ2n) is 6.34. The van der Waals surface area contributed by atoms with Crippen molar-refractivity contribution in [1.29, 1.82) is 0 Å². The average molecular weight is 322 g/mol. The number of benzene rings is 1. The summed E-state index contributed by atoms with van der Waals surface area (Å²) in [4.78, 5) is 11.5. The quantitative estimate of drug-likeness (QED) is 0.937. The van der Waals surface area contributed by atoms with Crippen LogP contribution in [0.15, 0.2) is 42.2 Å². The monoisotopic (exact) mass is 322 g/mol. The largest absolute Gasteiger partial charge is 0.489 e. The molecule has 4 rings (SSSR count). The van der Waals surface area contributed by atoms with Gasteiger partial charge in [-0.15, -0.1) is 0 Å². The Kier molecular flexibility index (Phi) is 4.17. The molecule has 5 heteroatoms. The Hall–Kier alpha value is -2.40. The molecule has 2 aliphatic heterocycles. The van der Waals surface area contributed by atoms with Crippen LogP contribution in [0.3, 0.4) is 0 Å². The first-order valence-electron chi connectivity index (χ1n) is 8.48. The predicted octanol–water partition coefficient (Wildman–Crippen LogP) is 3.13. The minimum atomic E-state index is 0.337. The number of hydrogen-bond donors (Lipinski definition) is 1. The molecule has 0 aliphatic carbocycles. The summed E-state index contributed by atoms with van der Waals surface area (Å²) >= 11 is 0. The molecule has 1 aromatic heterocycles. The maximum Gasteiger partial charge on any atom is 0.144 e. The zero-order valence-corrected chi connectivity index (χ0v) is 13.9. The lowest BCUT2D eigenvalue weighted by Gasteiger charge is -2.27. The number of anilines is 1. The van der Waals surface area contributed by atoms with E-state index in [0.29, 0.717) is 12.6 Å². The number of nitrogens with zero attached hydrogens (tertiary/aromatic N) is 3. The Morgan fingerprint density at radius 3 is 3.12 bits per heavy atom. The van der Waals surface area contributed by atoms with Gasteiger partial charge in [0.1, 0.15) is 18.2 Å². The number of aromatic nitrogens is 2. The maximum absolute atomic E-state index is 5.89. The SMILES string of the molecule is CNc1cncc([C@H]2CCCN2CC2=Cc3ccccc3OC2)n1. The van der Waals surface area contributed by atoms with Gasteiger partial charge < -0.3 is 10.1 Å². The Morgan fingerprint density at radius 1 is 1.29 bits per heavy atom. The van der Waals surface area contributed by atoms with E-state index in [9.17, 15) is 0 Å². The van der Waals surface area contributed by atoms with E-state index in [-0.39, 0.29) is 0 Å². The fourth-order valence-corrected chi connectivity index (χ4v) is 3.53. The normalized spacial score (nSPS) is 20.2. The van der Waals surface area contributed by atoms with Crippen molar-refractivity contribution in [2.45, 2.75) is 18.9 Å². The summed E-state index contributed by atoms with van der Waals surface area (Å²) in [6, 6.07) is 8.54. The number of rotatable bonds is 4. The molecule has 0 amide bonds. The molecule has 1 aromatic carbocycles. The summed E-state index contributed by atoms with van der Waals surface area (Å²) in [5.74, 6) is 1.81. The fourth-order valence-electron chi connectivity index (χ4n) is 3.53. The first kappa shape index (κ1) is 15.1. The molecule has 1 atom stereocenters. The van der Waals surface area contributed by atoms with Crippen LogP contribution < -0.4 is 10.1 Å². The minimum Gasteiger partial charge on any atom is -0.489 e. The van der Waals surface area contributed by atoms with Crippen LogP contribution in [0.2, 0.25) is 0 Å². The van der Waals surface area contributed by atoms with Crippen molar-refractivity contribution < 1.29 is 4.74 Å². The van der Waals surface area contributed by atoms with Crippen LogP contribution in [0, 0.1) is 0 Å². The molecule has 24 heavy (non-hydrogen) atoms. The Morgan fingerprint density at radius 2 is 2.21 bits per heavy atom. The van der Waals surface area contributed by atoms with E-state index in [0.717, 1.165) is 36.8 Å². The van der Waals surface area contributed by atoms with Crippen LogP contribution in [-0.4, -0.2) is 41.6 Å². The number of nitrogens with one attached hydrogen (secondary N) is 1. The molecule has 0 radical (unpaired) electrons. The van der Waals surface area contributed by atoms with Crippen molar-refractivity contribution in [3.8, 4) is 5.75 Å². The van der Waals surface area contributed by atoms with Crippen LogP contribution in [-0.2, 0) is 0 Å². The zero-order valence-electron chi connectivity index (χ0n) is 13.9. The number of fused-ring (bicyclic) bond motifs is 1. The molecule has 1 N–H and O–H groups in total. The van der Waals surface area contributed by atoms with Crippen LogP contribution in [0.1, 0.15) is 30.1 Å². The molecule has 0 unspecified atom stereocenters. The van der Waals surface area contributed by atoms with E-state index in [1.165, 1.54) is 17.6 Å². The second-order valence-corrected chi connectivity index (χ2v) is 6.34. The predicted molar refractivity (Wildman–Crippen MR) is 95.0 cm³/mol. The topological polar surface area (TPSA) is 50.3 Å². The third kappa shape index (κ3) is 2.99. The summed E-state index contributed by atoms with van der Waals surface area (Å²) in [5.41, 5.74) is 3.54. The van der Waals surface area contributed by atoms with E-state index in [4.69, 9.17) is 4.74 Å². The van der Waals surface area contributed by atoms with Crippen molar-refractivity contribution >= 4 is 11.9 Å². The van der Waals surface area contributed by atoms with E-state index in [1.807, 2.05) is 25.4 Å². The van der Waals surface area contributed by atoms with Crippen molar-refractivity contribution in [2.75, 3.05) is 32.1 Å². The highest BCUT2D eigenvalue weighted by atomic mass is 16.5. The Bertz CT molecular complexity index is 759. The first-order chi connectivity index (χ1) is 11.8. The third-order valence-corrected chi connectivity index (χ3v) is 4.71. The first-order valence-corrected chi connectivity index (χ1v) is 8.48. The summed E-state index contributed by atoms with van der Waals surface area (Å²) in [6.45, 7) is 2.68. The van der Waals surface area contributed by atoms with Gasteiger partial charge in [-0.1, -0.05) is 18.2 Å². The lowest BCUT2D eigenvalue weighted by molar-refractivity contribution is 0.256. The Labute approximate surface area is 142 Å². The number of para-hydroxylation sites is 1. The molecule has 0 spiro atoms. The number of hydrogen-bond acceptors (Lipinski definition) is 5. The fraction of sp³-hybridized carbons (Fsp3) is 0.368. The molecule has 3 heterocycles. The second kappa shape index (κ2) is 6.61. The molecular weight excluding hydrogens is 300 g/mol. The molecule has 0 saturated carbocycles. The molecule has 0 bridgehead atoms. The molecule has 1 fully saturated rings. The highest BCUT2D eigenvalue weighted by molar-refractivity contribution is 5.62. The van der Waals surface area contributed by atoms with Gasteiger partial charge in [-0.3, -0.25) is 9.88 Å². The number of likely N-dealkylation sites (tertiary alicyclic amines) is 1. The minimum absolute atomic E-state index is 0.337. The van der Waals surface area contributed by atoms with Gasteiger partial charge in [-0.2, -0.15) is 0 Å². The molecular formula is C19H22N4O. The van der Waals surface area contributed by atoms with Crippen molar-refractivity contribution in [3.63, 3.8) is 0 Å². The molecule has 2 aromatic rings. The van der Waals surface area contributed by atoms with Crippen LogP contribution in [0.5, 0.6) is 5.75 Å². The van der Waals surface area contributed by atoms with Crippen molar-refractivity contribution in [3.05, 3.63) is 53.5 Å². The highest BCUT2D eigenvalue weighted by Crippen LogP contribution is 2.33. The molecule has 124 valence electrons. The highest BCUT2D eigenvalue weighted by Gasteiger charge is 2.28. The van der Waals surface area contributed by atoms with Gasteiger partial charge in [0.2, 0.25) is 0 Å². The Balaban J connectivity index is 1.53. The summed E-state index contributed by atoms with van der Waals surface area (Å²) in [5, 5.41) is 3.07. The molecule has 2 aliphatic rings. The van der Waals surface area contributed by atoms with E-state index >= 15 is 0 Å². The van der Waals surface area contributed by atoms with Gasteiger partial charge in [0.15, 0.2) is 0 Å². The van der Waals surface area contributed by atoms with E-state index in [1.54, 1.807) is 6.20 Å². The lowest BCUT2D eigenvalue weighted by atomic mass is 10.1. The van der Waals surface area contributed by atoms with Gasteiger partial charge in [-0.05, 0) is 37.1 Å². The van der Waals surface area contributed by atoms with Crippen molar-refractivity contribution in [2.24, 2.45) is 0 Å².